The highest BCUT2D eigenvalue weighted by molar-refractivity contribution is 5.77. The number of rotatable bonds is 3. The summed E-state index contributed by atoms with van der Waals surface area (Å²) in [5.74, 6) is -2.00. The molecule has 0 heterocycles. The summed E-state index contributed by atoms with van der Waals surface area (Å²) in [5, 5.41) is 0. The Balaban J connectivity index is 2.60. The molecule has 5 heteroatoms. The van der Waals surface area contributed by atoms with Crippen LogP contribution in [0.4, 0.5) is 13.2 Å². The van der Waals surface area contributed by atoms with Crippen LogP contribution in [0.3, 0.4) is 0 Å². The molecule has 88 valence electrons. The van der Waals surface area contributed by atoms with E-state index in [0.29, 0.717) is 12.8 Å². The van der Waals surface area contributed by atoms with Crippen molar-refractivity contribution in [3.05, 3.63) is 0 Å². The molecule has 0 radical (unpaired) electrons. The molecule has 1 rings (SSSR count). The van der Waals surface area contributed by atoms with Crippen molar-refractivity contribution in [1.29, 1.82) is 0 Å². The van der Waals surface area contributed by atoms with E-state index in [9.17, 15) is 18.0 Å². The highest BCUT2D eigenvalue weighted by Gasteiger charge is 2.38. The number of nitrogens with two attached hydrogens (primary N) is 1. The maximum absolute atomic E-state index is 12.2. The molecule has 1 aliphatic rings. The lowest BCUT2D eigenvalue weighted by Gasteiger charge is -2.28. The van der Waals surface area contributed by atoms with Gasteiger partial charge in [0.2, 0.25) is 5.91 Å². The van der Waals surface area contributed by atoms with Gasteiger partial charge in [0.05, 0.1) is 6.42 Å². The number of halogens is 3. The molecule has 0 aromatic carbocycles. The second-order valence-electron chi connectivity index (χ2n) is 4.23. The minimum absolute atomic E-state index is 0.169. The Bertz CT molecular complexity index is 221. The van der Waals surface area contributed by atoms with Crippen molar-refractivity contribution in [2.24, 2.45) is 17.6 Å². The predicted molar refractivity (Wildman–Crippen MR) is 49.9 cm³/mol. The molecule has 0 aromatic rings. The van der Waals surface area contributed by atoms with Gasteiger partial charge in [0.15, 0.2) is 0 Å². The van der Waals surface area contributed by atoms with Crippen LogP contribution in [0.2, 0.25) is 0 Å². The fourth-order valence-corrected chi connectivity index (χ4v) is 2.29. The molecule has 1 amide bonds. The van der Waals surface area contributed by atoms with Crippen molar-refractivity contribution in [3.8, 4) is 0 Å². The third kappa shape index (κ3) is 4.10. The van der Waals surface area contributed by atoms with Gasteiger partial charge in [-0.15, -0.1) is 0 Å². The average molecular weight is 223 g/mol. The largest absolute Gasteiger partial charge is 0.389 e. The molecule has 0 bridgehead atoms. The molecule has 15 heavy (non-hydrogen) atoms. The van der Waals surface area contributed by atoms with E-state index in [-0.39, 0.29) is 5.92 Å². The SMILES string of the molecule is NC(=O)C(CC(F)(F)F)C1CCCCC1. The second kappa shape index (κ2) is 4.86. The topological polar surface area (TPSA) is 43.1 Å². The van der Waals surface area contributed by atoms with Crippen molar-refractivity contribution in [1.82, 2.24) is 0 Å². The van der Waals surface area contributed by atoms with Gasteiger partial charge in [0.1, 0.15) is 0 Å². The van der Waals surface area contributed by atoms with Crippen LogP contribution in [0, 0.1) is 11.8 Å². The first-order valence-corrected chi connectivity index (χ1v) is 5.26. The summed E-state index contributed by atoms with van der Waals surface area (Å²) in [6.45, 7) is 0. The Morgan fingerprint density at radius 1 is 1.27 bits per heavy atom. The van der Waals surface area contributed by atoms with Crippen LogP contribution >= 0.6 is 0 Å². The summed E-state index contributed by atoms with van der Waals surface area (Å²) in [5.41, 5.74) is 5.04. The Morgan fingerprint density at radius 3 is 2.20 bits per heavy atom. The maximum atomic E-state index is 12.2. The number of primary amides is 1. The van der Waals surface area contributed by atoms with Gasteiger partial charge in [-0.2, -0.15) is 13.2 Å². The summed E-state index contributed by atoms with van der Waals surface area (Å²) >= 11 is 0. The van der Waals surface area contributed by atoms with Crippen molar-refractivity contribution in [2.75, 3.05) is 0 Å². The van der Waals surface area contributed by atoms with Crippen LogP contribution < -0.4 is 5.73 Å². The van der Waals surface area contributed by atoms with Gasteiger partial charge in [-0.1, -0.05) is 19.3 Å². The fourth-order valence-electron chi connectivity index (χ4n) is 2.29. The average Bonchev–Trinajstić information content (AvgIpc) is 2.14. The highest BCUT2D eigenvalue weighted by Crippen LogP contribution is 2.36. The number of carbonyl (C=O) groups excluding carboxylic acids is 1. The molecule has 1 aliphatic carbocycles. The first-order chi connectivity index (χ1) is 6.90. The lowest BCUT2D eigenvalue weighted by Crippen LogP contribution is -2.34. The molecule has 0 aliphatic heterocycles. The summed E-state index contributed by atoms with van der Waals surface area (Å²) in [6.07, 6.45) is -1.09. The first kappa shape index (κ1) is 12.3. The molecular formula is C10H16F3NO. The van der Waals surface area contributed by atoms with Gasteiger partial charge in [-0.3, -0.25) is 4.79 Å². The lowest BCUT2D eigenvalue weighted by atomic mass is 9.78. The van der Waals surface area contributed by atoms with Gasteiger partial charge in [-0.25, -0.2) is 0 Å². The number of hydrogen-bond acceptors (Lipinski definition) is 1. The summed E-state index contributed by atoms with van der Waals surface area (Å²) in [6, 6.07) is 0. The molecule has 0 spiro atoms. The number of hydrogen-bond donors (Lipinski definition) is 1. The van der Waals surface area contributed by atoms with Crippen molar-refractivity contribution < 1.29 is 18.0 Å². The predicted octanol–water partition coefficient (Wildman–Crippen LogP) is 2.62. The second-order valence-corrected chi connectivity index (χ2v) is 4.23. The molecule has 2 nitrogen and oxygen atoms in total. The van der Waals surface area contributed by atoms with Crippen molar-refractivity contribution in [3.63, 3.8) is 0 Å². The summed E-state index contributed by atoms with van der Waals surface area (Å²) < 4.78 is 36.6. The van der Waals surface area contributed by atoms with Gasteiger partial charge < -0.3 is 5.73 Å². The van der Waals surface area contributed by atoms with Gasteiger partial charge in [-0.05, 0) is 18.8 Å². The van der Waals surface area contributed by atoms with E-state index < -0.39 is 24.4 Å². The number of alkyl halides is 3. The third-order valence-corrected chi connectivity index (χ3v) is 3.04. The van der Waals surface area contributed by atoms with Crippen LogP contribution in [0.1, 0.15) is 38.5 Å². The smallest absolute Gasteiger partial charge is 0.369 e. The van der Waals surface area contributed by atoms with Crippen molar-refractivity contribution in [2.45, 2.75) is 44.7 Å². The number of carbonyl (C=O) groups is 1. The van der Waals surface area contributed by atoms with Crippen molar-refractivity contribution >= 4 is 5.91 Å². The highest BCUT2D eigenvalue weighted by atomic mass is 19.4. The zero-order valence-electron chi connectivity index (χ0n) is 8.52. The minimum Gasteiger partial charge on any atom is -0.369 e. The molecule has 2 N–H and O–H groups in total. The Morgan fingerprint density at radius 2 is 1.80 bits per heavy atom. The third-order valence-electron chi connectivity index (χ3n) is 3.04. The first-order valence-electron chi connectivity index (χ1n) is 5.26. The fraction of sp³-hybridized carbons (Fsp3) is 0.900. The van der Waals surface area contributed by atoms with Gasteiger partial charge >= 0.3 is 6.18 Å². The molecule has 0 saturated heterocycles. The van der Waals surface area contributed by atoms with E-state index in [1.807, 2.05) is 0 Å². The maximum Gasteiger partial charge on any atom is 0.389 e. The van der Waals surface area contributed by atoms with Gasteiger partial charge in [0, 0.05) is 5.92 Å². The minimum atomic E-state index is -4.29. The van der Waals surface area contributed by atoms with E-state index in [1.165, 1.54) is 0 Å². The zero-order chi connectivity index (χ0) is 11.5. The summed E-state index contributed by atoms with van der Waals surface area (Å²) in [4.78, 5) is 11.0. The van der Waals surface area contributed by atoms with E-state index in [1.54, 1.807) is 0 Å². The number of amides is 1. The molecule has 1 saturated carbocycles. The standard InChI is InChI=1S/C10H16F3NO/c11-10(12,13)6-8(9(14)15)7-4-2-1-3-5-7/h7-8H,1-6H2,(H2,14,15). The van der Waals surface area contributed by atoms with E-state index in [4.69, 9.17) is 5.73 Å². The molecular weight excluding hydrogens is 207 g/mol. The van der Waals surface area contributed by atoms with Crippen LogP contribution in [-0.4, -0.2) is 12.1 Å². The normalized spacial score (nSPS) is 21.3. The van der Waals surface area contributed by atoms with Crippen LogP contribution in [-0.2, 0) is 4.79 Å². The quantitative estimate of drug-likeness (QED) is 0.785. The van der Waals surface area contributed by atoms with Crippen LogP contribution in [0.5, 0.6) is 0 Å². The summed E-state index contributed by atoms with van der Waals surface area (Å²) in [7, 11) is 0. The van der Waals surface area contributed by atoms with E-state index in [2.05, 4.69) is 0 Å². The van der Waals surface area contributed by atoms with Crippen LogP contribution in [0.25, 0.3) is 0 Å². The Hall–Kier alpha value is -0.740. The zero-order valence-corrected chi connectivity index (χ0v) is 8.52. The van der Waals surface area contributed by atoms with Crippen LogP contribution in [0.15, 0.2) is 0 Å². The Kier molecular flexibility index (Phi) is 3.99. The molecule has 0 aromatic heterocycles. The molecule has 1 atom stereocenters. The molecule has 1 fully saturated rings. The van der Waals surface area contributed by atoms with E-state index >= 15 is 0 Å². The Labute approximate surface area is 87.0 Å². The lowest BCUT2D eigenvalue weighted by molar-refractivity contribution is -0.157. The molecule has 1 unspecified atom stereocenters. The van der Waals surface area contributed by atoms with E-state index in [0.717, 1.165) is 19.3 Å². The monoisotopic (exact) mass is 223 g/mol. The van der Waals surface area contributed by atoms with Gasteiger partial charge in [0.25, 0.3) is 0 Å².